The number of nitro groups is 1. The molecule has 0 heterocycles. The fraction of sp³-hybridized carbons (Fsp3) is 0.250. The van der Waals surface area contributed by atoms with E-state index in [0.29, 0.717) is 0 Å². The summed E-state index contributed by atoms with van der Waals surface area (Å²) in [7, 11) is 0. The van der Waals surface area contributed by atoms with E-state index in [2.05, 4.69) is 0 Å². The van der Waals surface area contributed by atoms with Gasteiger partial charge in [0.05, 0.1) is 23.6 Å². The van der Waals surface area contributed by atoms with Crippen molar-refractivity contribution in [3.05, 3.63) is 39.7 Å². The van der Waals surface area contributed by atoms with Gasteiger partial charge in [-0.3, -0.25) is 10.1 Å². The maximum absolute atomic E-state index is 12.7. The summed E-state index contributed by atoms with van der Waals surface area (Å²) in [4.78, 5) is 9.77. The van der Waals surface area contributed by atoms with Crippen molar-refractivity contribution >= 4 is 18.1 Å². The zero-order valence-corrected chi connectivity index (χ0v) is 8.41. The second kappa shape index (κ2) is 5.59. The van der Waals surface area contributed by atoms with Crippen LogP contribution in [0.3, 0.4) is 0 Å². The SMILES string of the molecule is Cl.N[C@@H](CO)c1ccc(F)cc1[N+](=O)[O-]. The van der Waals surface area contributed by atoms with Crippen molar-refractivity contribution in [2.24, 2.45) is 5.73 Å². The van der Waals surface area contributed by atoms with Crippen molar-refractivity contribution in [1.82, 2.24) is 0 Å². The van der Waals surface area contributed by atoms with Crippen LogP contribution in [0.1, 0.15) is 11.6 Å². The molecule has 84 valence electrons. The molecule has 5 nitrogen and oxygen atoms in total. The number of hydrogen-bond acceptors (Lipinski definition) is 4. The van der Waals surface area contributed by atoms with Crippen LogP contribution in [-0.2, 0) is 0 Å². The number of nitrogens with two attached hydrogens (primary N) is 1. The Balaban J connectivity index is 0.00000196. The highest BCUT2D eigenvalue weighted by atomic mass is 35.5. The van der Waals surface area contributed by atoms with Gasteiger partial charge in [0, 0.05) is 5.56 Å². The lowest BCUT2D eigenvalue weighted by molar-refractivity contribution is -0.386. The molecule has 0 amide bonds. The molecule has 1 atom stereocenters. The summed E-state index contributed by atoms with van der Waals surface area (Å²) in [5, 5.41) is 19.2. The first kappa shape index (κ1) is 13.8. The fourth-order valence-corrected chi connectivity index (χ4v) is 1.09. The predicted molar refractivity (Wildman–Crippen MR) is 54.3 cm³/mol. The highest BCUT2D eigenvalue weighted by Gasteiger charge is 2.19. The predicted octanol–water partition coefficient (Wildman–Crippen LogP) is 1.15. The normalized spacial score (nSPS) is 11.7. The van der Waals surface area contributed by atoms with Crippen LogP contribution in [0.15, 0.2) is 18.2 Å². The molecule has 0 radical (unpaired) electrons. The Morgan fingerprint density at radius 2 is 2.20 bits per heavy atom. The Kier molecular flexibility index (Phi) is 5.13. The maximum Gasteiger partial charge on any atom is 0.277 e. The molecule has 0 aliphatic rings. The van der Waals surface area contributed by atoms with E-state index in [9.17, 15) is 14.5 Å². The van der Waals surface area contributed by atoms with Gasteiger partial charge in [-0.05, 0) is 12.1 Å². The van der Waals surface area contributed by atoms with E-state index in [0.717, 1.165) is 12.1 Å². The maximum atomic E-state index is 12.7. The monoisotopic (exact) mass is 236 g/mol. The third kappa shape index (κ3) is 3.12. The van der Waals surface area contributed by atoms with E-state index < -0.39 is 29.1 Å². The number of hydrogen-bond donors (Lipinski definition) is 2. The van der Waals surface area contributed by atoms with Crippen LogP contribution in [0, 0.1) is 15.9 Å². The summed E-state index contributed by atoms with van der Waals surface area (Å²) in [5.41, 5.74) is 5.12. The molecule has 3 N–H and O–H groups in total. The van der Waals surface area contributed by atoms with Gasteiger partial charge in [-0.15, -0.1) is 12.4 Å². The lowest BCUT2D eigenvalue weighted by atomic mass is 10.1. The highest BCUT2D eigenvalue weighted by Crippen LogP contribution is 2.24. The molecule has 0 saturated heterocycles. The first-order valence-electron chi connectivity index (χ1n) is 3.86. The van der Waals surface area contributed by atoms with E-state index in [-0.39, 0.29) is 18.0 Å². The molecule has 0 bridgehead atoms. The van der Waals surface area contributed by atoms with E-state index >= 15 is 0 Å². The first-order valence-corrected chi connectivity index (χ1v) is 3.86. The number of aliphatic hydroxyl groups is 1. The van der Waals surface area contributed by atoms with Crippen molar-refractivity contribution < 1.29 is 14.4 Å². The van der Waals surface area contributed by atoms with Gasteiger partial charge in [0.1, 0.15) is 5.82 Å². The molecule has 0 fully saturated rings. The molecule has 0 aliphatic heterocycles. The third-order valence-corrected chi connectivity index (χ3v) is 1.79. The second-order valence-corrected chi connectivity index (χ2v) is 2.75. The van der Waals surface area contributed by atoms with Gasteiger partial charge in [-0.1, -0.05) is 0 Å². The van der Waals surface area contributed by atoms with E-state index in [1.54, 1.807) is 0 Å². The molecule has 0 saturated carbocycles. The molecular formula is C8H10ClFN2O3. The molecule has 15 heavy (non-hydrogen) atoms. The summed E-state index contributed by atoms with van der Waals surface area (Å²) < 4.78 is 12.7. The van der Waals surface area contributed by atoms with Crippen LogP contribution in [0.25, 0.3) is 0 Å². The van der Waals surface area contributed by atoms with Gasteiger partial charge < -0.3 is 10.8 Å². The minimum Gasteiger partial charge on any atom is -0.394 e. The minimum atomic E-state index is -0.865. The van der Waals surface area contributed by atoms with Crippen LogP contribution in [0.4, 0.5) is 10.1 Å². The van der Waals surface area contributed by atoms with Crippen molar-refractivity contribution in [3.8, 4) is 0 Å². The van der Waals surface area contributed by atoms with Crippen LogP contribution in [0.5, 0.6) is 0 Å². The number of rotatable bonds is 3. The molecule has 0 spiro atoms. The summed E-state index contributed by atoms with van der Waals surface area (Å²) in [5.74, 6) is -0.703. The largest absolute Gasteiger partial charge is 0.394 e. The van der Waals surface area contributed by atoms with Gasteiger partial charge in [0.25, 0.3) is 5.69 Å². The number of benzene rings is 1. The van der Waals surface area contributed by atoms with Gasteiger partial charge in [-0.25, -0.2) is 4.39 Å². The minimum absolute atomic E-state index is 0. The summed E-state index contributed by atoms with van der Waals surface area (Å²) >= 11 is 0. The molecule has 1 aromatic carbocycles. The van der Waals surface area contributed by atoms with Gasteiger partial charge in [0.2, 0.25) is 0 Å². The Hall–Kier alpha value is -1.24. The molecule has 0 aromatic heterocycles. The number of halogens is 2. The average Bonchev–Trinajstić information content (AvgIpc) is 2.16. The molecule has 0 aliphatic carbocycles. The van der Waals surface area contributed by atoms with Gasteiger partial charge in [0.15, 0.2) is 0 Å². The third-order valence-electron chi connectivity index (χ3n) is 1.79. The fourth-order valence-electron chi connectivity index (χ4n) is 1.09. The van der Waals surface area contributed by atoms with E-state index in [1.807, 2.05) is 0 Å². The topological polar surface area (TPSA) is 89.4 Å². The highest BCUT2D eigenvalue weighted by molar-refractivity contribution is 5.85. The average molecular weight is 237 g/mol. The smallest absolute Gasteiger partial charge is 0.277 e. The second-order valence-electron chi connectivity index (χ2n) is 2.75. The van der Waals surface area contributed by atoms with E-state index in [1.165, 1.54) is 6.07 Å². The molecular weight excluding hydrogens is 227 g/mol. The standard InChI is InChI=1S/C8H9FN2O3.ClH/c9-5-1-2-6(7(10)4-12)8(3-5)11(13)14;/h1-3,7,12H,4,10H2;1H/t7-;/m0./s1. The number of nitrogens with zero attached hydrogens (tertiary/aromatic N) is 1. The zero-order chi connectivity index (χ0) is 10.7. The molecule has 1 rings (SSSR count). The Labute approximate surface area is 91.3 Å². The number of aliphatic hydroxyl groups excluding tert-OH is 1. The Morgan fingerprint density at radius 3 is 2.67 bits per heavy atom. The lowest BCUT2D eigenvalue weighted by Gasteiger charge is -2.08. The van der Waals surface area contributed by atoms with Gasteiger partial charge >= 0.3 is 0 Å². The van der Waals surface area contributed by atoms with Gasteiger partial charge in [-0.2, -0.15) is 0 Å². The quantitative estimate of drug-likeness (QED) is 0.609. The van der Waals surface area contributed by atoms with Crippen LogP contribution >= 0.6 is 12.4 Å². The van der Waals surface area contributed by atoms with Crippen molar-refractivity contribution in [3.63, 3.8) is 0 Å². The summed E-state index contributed by atoms with van der Waals surface area (Å²) in [6, 6.07) is 2.19. The summed E-state index contributed by atoms with van der Waals surface area (Å²) in [6.45, 7) is -0.424. The van der Waals surface area contributed by atoms with Crippen LogP contribution in [0.2, 0.25) is 0 Å². The van der Waals surface area contributed by atoms with E-state index in [4.69, 9.17) is 10.8 Å². The summed E-state index contributed by atoms with van der Waals surface area (Å²) in [6.07, 6.45) is 0. The molecule has 0 unspecified atom stereocenters. The Bertz CT molecular complexity index is 362. The van der Waals surface area contributed by atoms with Crippen molar-refractivity contribution in [2.45, 2.75) is 6.04 Å². The zero-order valence-electron chi connectivity index (χ0n) is 7.59. The number of nitro benzene ring substituents is 1. The van der Waals surface area contributed by atoms with Crippen molar-refractivity contribution in [2.75, 3.05) is 6.61 Å². The Morgan fingerprint density at radius 1 is 1.60 bits per heavy atom. The van der Waals surface area contributed by atoms with Crippen LogP contribution in [-0.4, -0.2) is 16.6 Å². The lowest BCUT2D eigenvalue weighted by Crippen LogP contribution is -2.16. The van der Waals surface area contributed by atoms with Crippen molar-refractivity contribution in [1.29, 1.82) is 0 Å². The molecule has 1 aromatic rings. The first-order chi connectivity index (χ1) is 6.56. The van der Waals surface area contributed by atoms with Crippen LogP contribution < -0.4 is 5.73 Å². The molecule has 7 heteroatoms.